The van der Waals surface area contributed by atoms with Crippen LogP contribution in [0.4, 0.5) is 10.1 Å². The number of nitrogens with one attached hydrogen (secondary N) is 1. The van der Waals surface area contributed by atoms with Crippen LogP contribution in [0.15, 0.2) is 65.1 Å². The van der Waals surface area contributed by atoms with E-state index in [1.165, 1.54) is 12.1 Å². The Kier molecular flexibility index (Phi) is 5.12. The van der Waals surface area contributed by atoms with Crippen LogP contribution in [-0.2, 0) is 11.2 Å². The van der Waals surface area contributed by atoms with Crippen LogP contribution < -0.4 is 11.1 Å². The molecule has 0 spiro atoms. The van der Waals surface area contributed by atoms with E-state index < -0.39 is 5.91 Å². The fraction of sp³-hybridized carbons (Fsp3) is 0.100. The van der Waals surface area contributed by atoms with Crippen LogP contribution in [0.1, 0.15) is 22.5 Å². The van der Waals surface area contributed by atoms with E-state index in [2.05, 4.69) is 5.32 Å². The molecule has 3 rings (SSSR count). The molecular weight excluding hydrogens is 335 g/mol. The Bertz CT molecular complexity index is 915. The summed E-state index contributed by atoms with van der Waals surface area (Å²) in [6.07, 6.45) is 0.681. The highest BCUT2D eigenvalue weighted by molar-refractivity contribution is 5.94. The lowest BCUT2D eigenvalue weighted by Crippen LogP contribution is -2.13. The minimum Gasteiger partial charge on any atom is -0.461 e. The van der Waals surface area contributed by atoms with E-state index in [1.54, 1.807) is 48.5 Å². The minimum absolute atomic E-state index is 0.170. The van der Waals surface area contributed by atoms with Crippen LogP contribution in [0.25, 0.3) is 11.3 Å². The molecule has 6 heteroatoms. The molecule has 3 aromatic rings. The number of benzene rings is 2. The van der Waals surface area contributed by atoms with E-state index in [9.17, 15) is 14.0 Å². The summed E-state index contributed by atoms with van der Waals surface area (Å²) < 4.78 is 18.7. The maximum atomic E-state index is 13.0. The Morgan fingerprint density at radius 3 is 2.31 bits per heavy atom. The van der Waals surface area contributed by atoms with Crippen LogP contribution in [-0.4, -0.2) is 11.8 Å². The van der Waals surface area contributed by atoms with Crippen LogP contribution in [0, 0.1) is 5.82 Å². The Morgan fingerprint density at radius 2 is 1.65 bits per heavy atom. The maximum absolute atomic E-state index is 13.0. The van der Waals surface area contributed by atoms with Crippen molar-refractivity contribution in [3.05, 3.63) is 77.8 Å². The fourth-order valence-corrected chi connectivity index (χ4v) is 2.46. The van der Waals surface area contributed by atoms with Gasteiger partial charge in [-0.25, -0.2) is 4.39 Å². The SMILES string of the molecule is NC(=O)c1ccc(NC(=O)CCc2ccc(-c3ccc(F)cc3)o2)cc1. The summed E-state index contributed by atoms with van der Waals surface area (Å²) in [5.41, 5.74) is 6.92. The standard InChI is InChI=1S/C20H17FN2O3/c21-15-5-1-13(2-6-15)18-11-9-17(26-18)10-12-19(24)23-16-7-3-14(4-8-16)20(22)25/h1-9,11H,10,12H2,(H2,22,25)(H,23,24). The van der Waals surface area contributed by atoms with Gasteiger partial charge in [-0.1, -0.05) is 0 Å². The third-order valence-electron chi connectivity index (χ3n) is 3.84. The van der Waals surface area contributed by atoms with Gasteiger partial charge < -0.3 is 15.5 Å². The van der Waals surface area contributed by atoms with Crippen molar-refractivity contribution in [3.8, 4) is 11.3 Å². The van der Waals surface area contributed by atoms with Gasteiger partial charge in [0.1, 0.15) is 17.3 Å². The van der Waals surface area contributed by atoms with E-state index in [4.69, 9.17) is 10.2 Å². The number of aryl methyl sites for hydroxylation is 1. The molecule has 132 valence electrons. The number of primary amides is 1. The third kappa shape index (κ3) is 4.36. The molecule has 0 unspecified atom stereocenters. The Labute approximate surface area is 149 Å². The summed E-state index contributed by atoms with van der Waals surface area (Å²) in [5, 5.41) is 2.75. The molecule has 2 aromatic carbocycles. The normalized spacial score (nSPS) is 10.5. The molecule has 0 saturated carbocycles. The van der Waals surface area contributed by atoms with Crippen molar-refractivity contribution < 1.29 is 18.4 Å². The van der Waals surface area contributed by atoms with E-state index >= 15 is 0 Å². The number of hydrogen-bond donors (Lipinski definition) is 2. The van der Waals surface area contributed by atoms with Gasteiger partial charge >= 0.3 is 0 Å². The molecule has 0 fully saturated rings. The molecule has 0 radical (unpaired) electrons. The lowest BCUT2D eigenvalue weighted by atomic mass is 10.2. The summed E-state index contributed by atoms with van der Waals surface area (Å²) in [7, 11) is 0. The van der Waals surface area contributed by atoms with Crippen molar-refractivity contribution in [1.29, 1.82) is 0 Å². The van der Waals surface area contributed by atoms with E-state index in [1.807, 2.05) is 0 Å². The van der Waals surface area contributed by atoms with Gasteiger partial charge in [0.25, 0.3) is 0 Å². The average Bonchev–Trinajstić information content (AvgIpc) is 3.10. The van der Waals surface area contributed by atoms with Crippen LogP contribution in [0.3, 0.4) is 0 Å². The summed E-state index contributed by atoms with van der Waals surface area (Å²) in [4.78, 5) is 23.1. The number of carbonyl (C=O) groups is 2. The van der Waals surface area contributed by atoms with Crippen LogP contribution >= 0.6 is 0 Å². The Morgan fingerprint density at radius 1 is 0.962 bits per heavy atom. The van der Waals surface area contributed by atoms with E-state index in [0.29, 0.717) is 29.2 Å². The van der Waals surface area contributed by atoms with Gasteiger partial charge in [-0.2, -0.15) is 0 Å². The zero-order valence-corrected chi connectivity index (χ0v) is 13.9. The smallest absolute Gasteiger partial charge is 0.248 e. The lowest BCUT2D eigenvalue weighted by Gasteiger charge is -2.05. The molecule has 0 atom stereocenters. The quantitative estimate of drug-likeness (QED) is 0.708. The first kappa shape index (κ1) is 17.4. The van der Waals surface area contributed by atoms with Crippen molar-refractivity contribution in [1.82, 2.24) is 0 Å². The Hall–Kier alpha value is -3.41. The molecule has 0 aliphatic carbocycles. The summed E-state index contributed by atoms with van der Waals surface area (Å²) >= 11 is 0. The van der Waals surface area contributed by atoms with Crippen LogP contribution in [0.5, 0.6) is 0 Å². The largest absolute Gasteiger partial charge is 0.461 e. The minimum atomic E-state index is -0.516. The molecule has 0 saturated heterocycles. The summed E-state index contributed by atoms with van der Waals surface area (Å²) in [5.74, 6) is 0.307. The first-order chi connectivity index (χ1) is 12.5. The molecule has 0 aliphatic rings. The zero-order valence-electron chi connectivity index (χ0n) is 13.9. The topological polar surface area (TPSA) is 85.3 Å². The molecule has 3 N–H and O–H groups in total. The van der Waals surface area contributed by atoms with Gasteiger partial charge in [0.05, 0.1) is 0 Å². The molecule has 26 heavy (non-hydrogen) atoms. The van der Waals surface area contributed by atoms with Gasteiger partial charge in [0, 0.05) is 29.7 Å². The molecular formula is C20H17FN2O3. The number of amides is 2. The average molecular weight is 352 g/mol. The molecule has 0 bridgehead atoms. The predicted octanol–water partition coefficient (Wildman–Crippen LogP) is 3.76. The number of nitrogens with two attached hydrogens (primary N) is 1. The highest BCUT2D eigenvalue weighted by atomic mass is 19.1. The van der Waals surface area contributed by atoms with Crippen molar-refractivity contribution in [2.45, 2.75) is 12.8 Å². The van der Waals surface area contributed by atoms with E-state index in [0.717, 1.165) is 5.56 Å². The summed E-state index contributed by atoms with van der Waals surface area (Å²) in [6.45, 7) is 0. The monoisotopic (exact) mass is 352 g/mol. The molecule has 1 aromatic heterocycles. The first-order valence-corrected chi connectivity index (χ1v) is 8.05. The van der Waals surface area contributed by atoms with E-state index in [-0.39, 0.29) is 18.1 Å². The van der Waals surface area contributed by atoms with Gasteiger partial charge in [0.2, 0.25) is 11.8 Å². The number of hydrogen-bond acceptors (Lipinski definition) is 3. The van der Waals surface area contributed by atoms with Gasteiger partial charge in [-0.05, 0) is 60.7 Å². The van der Waals surface area contributed by atoms with Crippen molar-refractivity contribution in [2.24, 2.45) is 5.73 Å². The Balaban J connectivity index is 1.54. The van der Waals surface area contributed by atoms with Crippen molar-refractivity contribution >= 4 is 17.5 Å². The number of anilines is 1. The third-order valence-corrected chi connectivity index (χ3v) is 3.84. The van der Waals surface area contributed by atoms with Gasteiger partial charge in [-0.3, -0.25) is 9.59 Å². The van der Waals surface area contributed by atoms with Crippen LogP contribution in [0.2, 0.25) is 0 Å². The lowest BCUT2D eigenvalue weighted by molar-refractivity contribution is -0.116. The summed E-state index contributed by atoms with van der Waals surface area (Å²) in [6, 6.07) is 16.0. The number of rotatable bonds is 6. The van der Waals surface area contributed by atoms with Crippen molar-refractivity contribution in [2.75, 3.05) is 5.32 Å². The molecule has 5 nitrogen and oxygen atoms in total. The second-order valence-corrected chi connectivity index (χ2v) is 5.76. The molecule has 2 amide bonds. The highest BCUT2D eigenvalue weighted by Gasteiger charge is 2.09. The zero-order chi connectivity index (χ0) is 18.5. The second-order valence-electron chi connectivity index (χ2n) is 5.76. The van der Waals surface area contributed by atoms with Gasteiger partial charge in [0.15, 0.2) is 0 Å². The second kappa shape index (κ2) is 7.65. The van der Waals surface area contributed by atoms with Gasteiger partial charge in [-0.15, -0.1) is 0 Å². The fourth-order valence-electron chi connectivity index (χ4n) is 2.46. The molecule has 1 heterocycles. The predicted molar refractivity (Wildman–Crippen MR) is 96.0 cm³/mol. The number of carbonyl (C=O) groups excluding carboxylic acids is 2. The number of furan rings is 1. The molecule has 0 aliphatic heterocycles. The maximum Gasteiger partial charge on any atom is 0.248 e. The highest BCUT2D eigenvalue weighted by Crippen LogP contribution is 2.23. The van der Waals surface area contributed by atoms with Crippen molar-refractivity contribution in [3.63, 3.8) is 0 Å². The number of halogens is 1. The first-order valence-electron chi connectivity index (χ1n) is 8.05.